The Morgan fingerprint density at radius 3 is 2.62 bits per heavy atom. The van der Waals surface area contributed by atoms with E-state index in [0.717, 1.165) is 0 Å². The summed E-state index contributed by atoms with van der Waals surface area (Å²) >= 11 is 0. The van der Waals surface area contributed by atoms with Crippen molar-refractivity contribution < 1.29 is 19.4 Å². The van der Waals surface area contributed by atoms with Crippen LogP contribution in [0.25, 0.3) is 10.9 Å². The highest BCUT2D eigenvalue weighted by Gasteiger charge is 2.20. The molecule has 0 saturated carbocycles. The maximum absolute atomic E-state index is 11.0. The zero-order valence-corrected chi connectivity index (χ0v) is 8.90. The number of H-pyrrole nitrogens is 1. The standard InChI is InChI=1S/C11H11NO4/c1-15-7-5-3-4-6-8(7)10(16-2)9(12-6)11(13)14/h3-5,12H,1-2H3,(H,13,14). The van der Waals surface area contributed by atoms with Gasteiger partial charge in [-0.05, 0) is 12.1 Å². The first-order chi connectivity index (χ1) is 7.69. The second-order valence-corrected chi connectivity index (χ2v) is 3.22. The van der Waals surface area contributed by atoms with E-state index in [1.54, 1.807) is 18.2 Å². The van der Waals surface area contributed by atoms with Crippen LogP contribution in [0.3, 0.4) is 0 Å². The van der Waals surface area contributed by atoms with E-state index in [4.69, 9.17) is 14.6 Å². The van der Waals surface area contributed by atoms with Crippen LogP contribution in [-0.2, 0) is 0 Å². The van der Waals surface area contributed by atoms with Crippen molar-refractivity contribution in [3.05, 3.63) is 23.9 Å². The number of ether oxygens (including phenoxy) is 2. The van der Waals surface area contributed by atoms with Gasteiger partial charge in [-0.25, -0.2) is 4.79 Å². The molecule has 0 unspecified atom stereocenters. The van der Waals surface area contributed by atoms with Crippen LogP contribution in [0.2, 0.25) is 0 Å². The van der Waals surface area contributed by atoms with E-state index in [0.29, 0.717) is 22.4 Å². The molecule has 5 heteroatoms. The molecule has 2 N–H and O–H groups in total. The number of carboxylic acids is 1. The summed E-state index contributed by atoms with van der Waals surface area (Å²) in [5.41, 5.74) is 0.704. The molecule has 16 heavy (non-hydrogen) atoms. The number of nitrogens with one attached hydrogen (secondary N) is 1. The van der Waals surface area contributed by atoms with Crippen molar-refractivity contribution in [2.45, 2.75) is 0 Å². The largest absolute Gasteiger partial charge is 0.496 e. The molecule has 0 fully saturated rings. The Hall–Kier alpha value is -2.17. The fourth-order valence-electron chi connectivity index (χ4n) is 1.71. The maximum atomic E-state index is 11.0. The number of fused-ring (bicyclic) bond motifs is 1. The lowest BCUT2D eigenvalue weighted by Gasteiger charge is -2.03. The molecule has 2 aromatic rings. The van der Waals surface area contributed by atoms with Crippen LogP contribution in [0.5, 0.6) is 11.5 Å². The summed E-state index contributed by atoms with van der Waals surface area (Å²) in [5.74, 6) is -0.187. The van der Waals surface area contributed by atoms with Crippen LogP contribution in [0.4, 0.5) is 0 Å². The molecule has 1 aromatic heterocycles. The Labute approximate surface area is 91.6 Å². The fourth-order valence-corrected chi connectivity index (χ4v) is 1.71. The maximum Gasteiger partial charge on any atom is 0.356 e. The van der Waals surface area contributed by atoms with Crippen LogP contribution in [0.1, 0.15) is 10.5 Å². The predicted octanol–water partition coefficient (Wildman–Crippen LogP) is 1.88. The number of hydrogen-bond acceptors (Lipinski definition) is 3. The van der Waals surface area contributed by atoms with Gasteiger partial charge < -0.3 is 19.6 Å². The summed E-state index contributed by atoms with van der Waals surface area (Å²) in [5, 5.41) is 9.65. The summed E-state index contributed by atoms with van der Waals surface area (Å²) in [6.45, 7) is 0. The van der Waals surface area contributed by atoms with Crippen LogP contribution in [0, 0.1) is 0 Å². The average molecular weight is 221 g/mol. The van der Waals surface area contributed by atoms with E-state index in [1.807, 2.05) is 0 Å². The van der Waals surface area contributed by atoms with E-state index in [9.17, 15) is 4.79 Å². The van der Waals surface area contributed by atoms with Crippen LogP contribution in [-0.4, -0.2) is 30.3 Å². The molecule has 0 spiro atoms. The van der Waals surface area contributed by atoms with Crippen molar-refractivity contribution in [3.63, 3.8) is 0 Å². The lowest BCUT2D eigenvalue weighted by molar-refractivity contribution is 0.0688. The zero-order valence-electron chi connectivity index (χ0n) is 8.90. The molecule has 0 amide bonds. The van der Waals surface area contributed by atoms with Gasteiger partial charge in [0.15, 0.2) is 11.4 Å². The minimum Gasteiger partial charge on any atom is -0.496 e. The van der Waals surface area contributed by atoms with E-state index in [-0.39, 0.29) is 5.69 Å². The molecule has 0 bridgehead atoms. The first-order valence-electron chi connectivity index (χ1n) is 4.65. The van der Waals surface area contributed by atoms with Gasteiger partial charge in [-0.15, -0.1) is 0 Å². The number of aromatic carboxylic acids is 1. The van der Waals surface area contributed by atoms with Crippen LogP contribution in [0.15, 0.2) is 18.2 Å². The van der Waals surface area contributed by atoms with Gasteiger partial charge in [0.1, 0.15) is 5.75 Å². The smallest absolute Gasteiger partial charge is 0.356 e. The number of aromatic nitrogens is 1. The van der Waals surface area contributed by atoms with Crippen molar-refractivity contribution in [1.29, 1.82) is 0 Å². The number of hydrogen-bond donors (Lipinski definition) is 2. The van der Waals surface area contributed by atoms with E-state index >= 15 is 0 Å². The molecule has 2 rings (SSSR count). The van der Waals surface area contributed by atoms with Gasteiger partial charge in [0.2, 0.25) is 0 Å². The third-order valence-electron chi connectivity index (χ3n) is 2.38. The molecular weight excluding hydrogens is 210 g/mol. The van der Waals surface area contributed by atoms with Crippen molar-refractivity contribution in [1.82, 2.24) is 4.98 Å². The lowest BCUT2D eigenvalue weighted by Crippen LogP contribution is -1.99. The summed E-state index contributed by atoms with van der Waals surface area (Å²) < 4.78 is 10.3. The highest BCUT2D eigenvalue weighted by atomic mass is 16.5. The summed E-state index contributed by atoms with van der Waals surface area (Å²) in [7, 11) is 2.96. The molecule has 5 nitrogen and oxygen atoms in total. The molecule has 0 saturated heterocycles. The van der Waals surface area contributed by atoms with Crippen molar-refractivity contribution >= 4 is 16.9 Å². The fraction of sp³-hybridized carbons (Fsp3) is 0.182. The number of carbonyl (C=O) groups is 1. The van der Waals surface area contributed by atoms with Crippen molar-refractivity contribution in [3.8, 4) is 11.5 Å². The number of methoxy groups -OCH3 is 2. The van der Waals surface area contributed by atoms with Gasteiger partial charge in [0.25, 0.3) is 0 Å². The molecule has 84 valence electrons. The summed E-state index contributed by atoms with van der Waals surface area (Å²) in [4.78, 5) is 13.8. The minimum absolute atomic E-state index is 0.0296. The molecule has 1 aromatic carbocycles. The van der Waals surface area contributed by atoms with Crippen LogP contribution < -0.4 is 9.47 Å². The Balaban J connectivity index is 2.83. The summed E-state index contributed by atoms with van der Waals surface area (Å²) in [6.07, 6.45) is 0. The Morgan fingerprint density at radius 2 is 2.06 bits per heavy atom. The van der Waals surface area contributed by atoms with Gasteiger partial charge in [0.05, 0.1) is 25.1 Å². The van der Waals surface area contributed by atoms with E-state index in [2.05, 4.69) is 4.98 Å². The monoisotopic (exact) mass is 221 g/mol. The Kier molecular flexibility index (Phi) is 2.44. The topological polar surface area (TPSA) is 71.6 Å². The molecule has 1 heterocycles. The first-order valence-corrected chi connectivity index (χ1v) is 4.65. The quantitative estimate of drug-likeness (QED) is 0.830. The first kappa shape index (κ1) is 10.4. The van der Waals surface area contributed by atoms with E-state index < -0.39 is 5.97 Å². The zero-order chi connectivity index (χ0) is 11.7. The third-order valence-corrected chi connectivity index (χ3v) is 2.38. The van der Waals surface area contributed by atoms with Gasteiger partial charge in [-0.3, -0.25) is 0 Å². The minimum atomic E-state index is -1.06. The molecular formula is C11H11NO4. The number of carboxylic acid groups (broad SMARTS) is 1. The van der Waals surface area contributed by atoms with Gasteiger partial charge >= 0.3 is 5.97 Å². The summed E-state index contributed by atoms with van der Waals surface area (Å²) in [6, 6.07) is 5.31. The van der Waals surface area contributed by atoms with Gasteiger partial charge in [-0.2, -0.15) is 0 Å². The number of benzene rings is 1. The third kappa shape index (κ3) is 1.37. The molecule has 0 aliphatic rings. The highest BCUT2D eigenvalue weighted by Crippen LogP contribution is 2.36. The lowest BCUT2D eigenvalue weighted by atomic mass is 10.2. The second kappa shape index (κ2) is 3.77. The molecule has 0 aliphatic carbocycles. The Morgan fingerprint density at radius 1 is 1.31 bits per heavy atom. The van der Waals surface area contributed by atoms with E-state index in [1.165, 1.54) is 14.2 Å². The highest BCUT2D eigenvalue weighted by molar-refractivity contribution is 6.02. The molecule has 0 atom stereocenters. The Bertz CT molecular complexity index is 544. The second-order valence-electron chi connectivity index (χ2n) is 3.22. The SMILES string of the molecule is COc1cccc2[nH]c(C(=O)O)c(OC)c12. The predicted molar refractivity (Wildman–Crippen MR) is 58.4 cm³/mol. The molecule has 0 radical (unpaired) electrons. The van der Waals surface area contributed by atoms with Gasteiger partial charge in [-0.1, -0.05) is 6.07 Å². The normalized spacial score (nSPS) is 10.4. The van der Waals surface area contributed by atoms with Gasteiger partial charge in [0, 0.05) is 0 Å². The number of aromatic amines is 1. The van der Waals surface area contributed by atoms with Crippen molar-refractivity contribution in [2.24, 2.45) is 0 Å². The molecule has 0 aliphatic heterocycles. The van der Waals surface area contributed by atoms with Crippen molar-refractivity contribution in [2.75, 3.05) is 14.2 Å². The number of rotatable bonds is 3. The average Bonchev–Trinajstić information content (AvgIpc) is 2.67. The van der Waals surface area contributed by atoms with Crippen LogP contribution >= 0.6 is 0 Å².